The fraction of sp³-hybridized carbons (Fsp3) is 0.389. The molecule has 0 spiro atoms. The molecule has 0 fully saturated rings. The molecule has 1 unspecified atom stereocenters. The molecule has 0 aliphatic heterocycles. The van der Waals surface area contributed by atoms with Crippen molar-refractivity contribution in [1.82, 2.24) is 10.3 Å². The van der Waals surface area contributed by atoms with E-state index in [-0.39, 0.29) is 17.7 Å². The summed E-state index contributed by atoms with van der Waals surface area (Å²) < 4.78 is 5.70. The maximum Gasteiger partial charge on any atom is 0.310 e. The molecule has 8 heteroatoms. The Bertz CT molecular complexity index is 774. The molecule has 0 radical (unpaired) electrons. The van der Waals surface area contributed by atoms with Crippen LogP contribution < -0.4 is 5.32 Å². The molecule has 0 saturated heterocycles. The molecule has 1 aromatic heterocycles. The van der Waals surface area contributed by atoms with Crippen LogP contribution in [0.4, 0.5) is 0 Å². The smallest absolute Gasteiger partial charge is 0.310 e. The summed E-state index contributed by atoms with van der Waals surface area (Å²) in [5.41, 5.74) is -0.129. The largest absolute Gasteiger partial charge is 0.481 e. The van der Waals surface area contributed by atoms with Gasteiger partial charge in [0.1, 0.15) is 0 Å². The molecule has 0 bridgehead atoms. The van der Waals surface area contributed by atoms with Gasteiger partial charge in [0.05, 0.1) is 22.6 Å². The van der Waals surface area contributed by atoms with Crippen LogP contribution in [0.5, 0.6) is 0 Å². The molecule has 6 nitrogen and oxygen atoms in total. The summed E-state index contributed by atoms with van der Waals surface area (Å²) in [5.74, 6) is 0.425. The minimum atomic E-state index is -1.00. The Hall–Kier alpha value is -1.99. The van der Waals surface area contributed by atoms with Gasteiger partial charge in [-0.25, -0.2) is 4.98 Å². The molecule has 1 aromatic carbocycles. The number of carbonyl (C=O) groups is 2. The number of halogens is 1. The summed E-state index contributed by atoms with van der Waals surface area (Å²) in [6.45, 7) is 4.97. The van der Waals surface area contributed by atoms with Gasteiger partial charge in [-0.1, -0.05) is 11.6 Å². The van der Waals surface area contributed by atoms with Crippen LogP contribution in [0, 0.1) is 5.41 Å². The van der Waals surface area contributed by atoms with Crippen LogP contribution in [-0.2, 0) is 15.3 Å². The van der Waals surface area contributed by atoms with E-state index < -0.39 is 11.4 Å². The number of thioether (sulfide) groups is 1. The lowest BCUT2D eigenvalue weighted by atomic mass is 9.94. The number of benzene rings is 1. The van der Waals surface area contributed by atoms with Crippen molar-refractivity contribution in [3.05, 3.63) is 41.4 Å². The predicted molar refractivity (Wildman–Crippen MR) is 102 cm³/mol. The molecule has 26 heavy (non-hydrogen) atoms. The topological polar surface area (TPSA) is 92.4 Å². The van der Waals surface area contributed by atoms with Crippen molar-refractivity contribution in [3.8, 4) is 11.3 Å². The van der Waals surface area contributed by atoms with Gasteiger partial charge in [-0.2, -0.15) is 0 Å². The Morgan fingerprint density at radius 2 is 2.00 bits per heavy atom. The molecular formula is C18H21ClN2O4S. The average Bonchev–Trinajstić information content (AvgIpc) is 3.07. The fourth-order valence-electron chi connectivity index (χ4n) is 1.92. The standard InChI is InChI=1S/C18H21ClN2O4S/c1-11(16(22)21-10-18(2,3)17(23)24)26-9-15-20-8-14(25-15)12-4-6-13(19)7-5-12/h4-8,11H,9-10H2,1-3H3,(H,21,22)(H,23,24). The number of hydrogen-bond acceptors (Lipinski definition) is 5. The highest BCUT2D eigenvalue weighted by molar-refractivity contribution is 7.99. The molecule has 0 aliphatic carbocycles. The van der Waals surface area contributed by atoms with Crippen LogP contribution in [0.3, 0.4) is 0 Å². The number of amides is 1. The van der Waals surface area contributed by atoms with Crippen LogP contribution in [0.15, 0.2) is 34.9 Å². The van der Waals surface area contributed by atoms with Gasteiger partial charge in [0.25, 0.3) is 0 Å². The third-order valence-corrected chi connectivity index (χ3v) is 5.17. The Balaban J connectivity index is 1.85. The number of aromatic nitrogens is 1. The van der Waals surface area contributed by atoms with Crippen molar-refractivity contribution in [2.75, 3.05) is 6.54 Å². The number of carbonyl (C=O) groups excluding carboxylic acids is 1. The Labute approximate surface area is 161 Å². The average molecular weight is 397 g/mol. The lowest BCUT2D eigenvalue weighted by molar-refractivity contribution is -0.146. The number of carboxylic acid groups (broad SMARTS) is 1. The van der Waals surface area contributed by atoms with Gasteiger partial charge in [0.15, 0.2) is 5.76 Å². The van der Waals surface area contributed by atoms with E-state index >= 15 is 0 Å². The molecular weight excluding hydrogens is 376 g/mol. The van der Waals surface area contributed by atoms with Gasteiger partial charge in [0, 0.05) is 17.1 Å². The van der Waals surface area contributed by atoms with E-state index in [0.29, 0.717) is 22.4 Å². The number of rotatable bonds is 8. The number of nitrogens with zero attached hydrogens (tertiary/aromatic N) is 1. The van der Waals surface area contributed by atoms with Crippen molar-refractivity contribution in [3.63, 3.8) is 0 Å². The van der Waals surface area contributed by atoms with Crippen LogP contribution in [0.25, 0.3) is 11.3 Å². The quantitative estimate of drug-likeness (QED) is 0.704. The fourth-order valence-corrected chi connectivity index (χ4v) is 2.81. The van der Waals surface area contributed by atoms with Gasteiger partial charge in [-0.05, 0) is 45.0 Å². The normalized spacial score (nSPS) is 12.6. The first-order valence-electron chi connectivity index (χ1n) is 8.02. The minimum Gasteiger partial charge on any atom is -0.481 e. The number of hydrogen-bond donors (Lipinski definition) is 2. The van der Waals surface area contributed by atoms with E-state index in [1.807, 2.05) is 12.1 Å². The number of nitrogens with one attached hydrogen (secondary N) is 1. The molecule has 1 heterocycles. The van der Waals surface area contributed by atoms with Gasteiger partial charge >= 0.3 is 5.97 Å². The van der Waals surface area contributed by atoms with Gasteiger partial charge in [-0.3, -0.25) is 9.59 Å². The van der Waals surface area contributed by atoms with E-state index in [9.17, 15) is 9.59 Å². The van der Waals surface area contributed by atoms with E-state index in [0.717, 1.165) is 5.56 Å². The van der Waals surface area contributed by atoms with E-state index in [4.69, 9.17) is 21.1 Å². The van der Waals surface area contributed by atoms with E-state index in [1.165, 1.54) is 11.8 Å². The molecule has 2 aromatic rings. The predicted octanol–water partition coefficient (Wildman–Crippen LogP) is 3.84. The zero-order chi connectivity index (χ0) is 19.3. The highest BCUT2D eigenvalue weighted by Gasteiger charge is 2.28. The highest BCUT2D eigenvalue weighted by atomic mass is 35.5. The summed E-state index contributed by atoms with van der Waals surface area (Å²) in [6, 6.07) is 7.25. The maximum atomic E-state index is 12.1. The summed E-state index contributed by atoms with van der Waals surface area (Å²) in [7, 11) is 0. The molecule has 0 saturated carbocycles. The van der Waals surface area contributed by atoms with Crippen LogP contribution >= 0.6 is 23.4 Å². The molecule has 140 valence electrons. The molecule has 0 aliphatic rings. The van der Waals surface area contributed by atoms with Crippen molar-refractivity contribution in [2.24, 2.45) is 5.41 Å². The van der Waals surface area contributed by atoms with E-state index in [2.05, 4.69) is 10.3 Å². The summed E-state index contributed by atoms with van der Waals surface area (Å²) in [5, 5.41) is 12.0. The Kier molecular flexibility index (Phi) is 6.72. The summed E-state index contributed by atoms with van der Waals surface area (Å²) in [4.78, 5) is 27.4. The molecule has 1 atom stereocenters. The molecule has 1 amide bonds. The second kappa shape index (κ2) is 8.60. The summed E-state index contributed by atoms with van der Waals surface area (Å²) >= 11 is 7.24. The van der Waals surface area contributed by atoms with Crippen molar-refractivity contribution in [2.45, 2.75) is 31.8 Å². The van der Waals surface area contributed by atoms with Crippen molar-refractivity contribution >= 4 is 35.2 Å². The Morgan fingerprint density at radius 1 is 1.35 bits per heavy atom. The van der Waals surface area contributed by atoms with Crippen LogP contribution in [-0.4, -0.2) is 33.8 Å². The van der Waals surface area contributed by atoms with Crippen LogP contribution in [0.2, 0.25) is 5.02 Å². The second-order valence-electron chi connectivity index (χ2n) is 6.49. The third-order valence-electron chi connectivity index (χ3n) is 3.79. The molecule has 2 N–H and O–H groups in total. The van der Waals surface area contributed by atoms with Crippen molar-refractivity contribution < 1.29 is 19.1 Å². The zero-order valence-corrected chi connectivity index (χ0v) is 16.4. The lowest BCUT2D eigenvalue weighted by Crippen LogP contribution is -2.41. The second-order valence-corrected chi connectivity index (χ2v) is 8.25. The van der Waals surface area contributed by atoms with Gasteiger partial charge in [-0.15, -0.1) is 11.8 Å². The first-order chi connectivity index (χ1) is 12.2. The minimum absolute atomic E-state index is 0.0752. The first-order valence-corrected chi connectivity index (χ1v) is 9.45. The number of carboxylic acids is 1. The maximum absolute atomic E-state index is 12.1. The van der Waals surface area contributed by atoms with Crippen molar-refractivity contribution in [1.29, 1.82) is 0 Å². The third kappa shape index (κ3) is 5.51. The van der Waals surface area contributed by atoms with Gasteiger partial charge < -0.3 is 14.8 Å². The zero-order valence-electron chi connectivity index (χ0n) is 14.8. The monoisotopic (exact) mass is 396 g/mol. The highest BCUT2D eigenvalue weighted by Crippen LogP contribution is 2.25. The lowest BCUT2D eigenvalue weighted by Gasteiger charge is -2.20. The molecule has 2 rings (SSSR count). The first kappa shape index (κ1) is 20.3. The number of oxazole rings is 1. The Morgan fingerprint density at radius 3 is 2.62 bits per heavy atom. The van der Waals surface area contributed by atoms with Gasteiger partial charge in [0.2, 0.25) is 11.8 Å². The van der Waals surface area contributed by atoms with Crippen LogP contribution in [0.1, 0.15) is 26.7 Å². The van der Waals surface area contributed by atoms with E-state index in [1.54, 1.807) is 39.1 Å². The summed E-state index contributed by atoms with van der Waals surface area (Å²) in [6.07, 6.45) is 1.64. The number of aliphatic carboxylic acids is 1. The SMILES string of the molecule is CC(SCc1ncc(-c2ccc(Cl)cc2)o1)C(=O)NCC(C)(C)C(=O)O.